The Bertz CT molecular complexity index is 1560. The fraction of sp³-hybridized carbons (Fsp3) is 0.448. The molecular weight excluding hydrogens is 636 g/mol. The molecular formula is C29H38N8O11. The number of nitrogens with zero attached hydrogens (tertiary/aromatic N) is 1. The number of aromatic amines is 1. The fourth-order valence-electron chi connectivity index (χ4n) is 5.15. The SMILES string of the molecule is NC(=O)C[C@H](N)C(=O)NCC(=O)N1CCC[C@H]1C(=O)N[C@@H](CC(=O)O)C(=O)N[C@@H](CO)C(=O)N[C@@H](Cc1c[nH]c2ccccc12)C(=O)O. The summed E-state index contributed by atoms with van der Waals surface area (Å²) in [5.41, 5.74) is 11.9. The zero-order valence-corrected chi connectivity index (χ0v) is 25.6. The van der Waals surface area contributed by atoms with Crippen molar-refractivity contribution in [1.82, 2.24) is 31.2 Å². The lowest BCUT2D eigenvalue weighted by molar-refractivity contribution is -0.144. The van der Waals surface area contributed by atoms with Gasteiger partial charge in [-0.3, -0.25) is 33.6 Å². The summed E-state index contributed by atoms with van der Waals surface area (Å²) in [7, 11) is 0. The van der Waals surface area contributed by atoms with Crippen LogP contribution in [0.1, 0.15) is 31.2 Å². The number of carbonyl (C=O) groups is 8. The van der Waals surface area contributed by atoms with Crippen molar-refractivity contribution in [2.45, 2.75) is 62.3 Å². The van der Waals surface area contributed by atoms with Gasteiger partial charge in [0.15, 0.2) is 0 Å². The van der Waals surface area contributed by atoms with Gasteiger partial charge in [-0.15, -0.1) is 0 Å². The molecule has 2 aromatic rings. The van der Waals surface area contributed by atoms with Crippen molar-refractivity contribution >= 4 is 58.3 Å². The molecule has 1 aromatic carbocycles. The third-order valence-electron chi connectivity index (χ3n) is 7.59. The number of carboxylic acids is 2. The molecule has 260 valence electrons. The summed E-state index contributed by atoms with van der Waals surface area (Å²) >= 11 is 0. The minimum Gasteiger partial charge on any atom is -0.481 e. The lowest BCUT2D eigenvalue weighted by Crippen LogP contribution is -2.59. The number of carboxylic acid groups (broad SMARTS) is 2. The van der Waals surface area contributed by atoms with Crippen molar-refractivity contribution in [2.75, 3.05) is 19.7 Å². The molecule has 0 unspecified atom stereocenters. The second-order valence-corrected chi connectivity index (χ2v) is 11.1. The molecule has 2 heterocycles. The summed E-state index contributed by atoms with van der Waals surface area (Å²) in [6.45, 7) is -1.46. The highest BCUT2D eigenvalue weighted by Crippen LogP contribution is 2.20. The molecule has 5 atom stereocenters. The van der Waals surface area contributed by atoms with E-state index in [1.54, 1.807) is 30.5 Å². The molecule has 0 bridgehead atoms. The summed E-state index contributed by atoms with van der Waals surface area (Å²) in [5, 5.41) is 38.6. The number of hydrogen-bond donors (Lipinski definition) is 10. The first-order valence-corrected chi connectivity index (χ1v) is 14.8. The van der Waals surface area contributed by atoms with Gasteiger partial charge in [0, 0.05) is 30.1 Å². The number of hydrogen-bond acceptors (Lipinski definition) is 10. The number of para-hydroxylation sites is 1. The molecule has 3 rings (SSSR count). The number of amides is 6. The standard InChI is InChI=1S/C29H38N8O11/c30-16(9-22(31)39)25(43)33-12-23(40)37-7-3-6-21(37)28(46)34-18(10-24(41)42)26(44)36-20(13-38)27(45)35-19(29(47)48)8-14-11-32-17-5-2-1-4-15(14)17/h1-2,4-5,11,16,18-21,32,38H,3,6-10,12-13,30H2,(H2,31,39)(H,33,43)(H,34,46)(H,35,45)(H,36,44)(H,41,42)(H,47,48)/t16-,18-,19-,20-,21-/m0/s1. The molecule has 1 saturated heterocycles. The molecule has 0 radical (unpaired) electrons. The summed E-state index contributed by atoms with van der Waals surface area (Å²) in [6, 6.07) is -0.291. The lowest BCUT2D eigenvalue weighted by atomic mass is 10.0. The Hall–Kier alpha value is -5.56. The predicted octanol–water partition coefficient (Wildman–Crippen LogP) is -3.97. The van der Waals surface area contributed by atoms with E-state index in [0.717, 1.165) is 15.8 Å². The van der Waals surface area contributed by atoms with E-state index in [2.05, 4.69) is 26.3 Å². The molecule has 1 fully saturated rings. The molecule has 1 aromatic heterocycles. The highest BCUT2D eigenvalue weighted by atomic mass is 16.4. The number of likely N-dealkylation sites (tertiary alicyclic amines) is 1. The molecule has 19 heteroatoms. The summed E-state index contributed by atoms with van der Waals surface area (Å²) in [6.07, 6.45) is 0.563. The van der Waals surface area contributed by atoms with Crippen molar-refractivity contribution in [3.8, 4) is 0 Å². The van der Waals surface area contributed by atoms with Gasteiger partial charge in [-0.2, -0.15) is 0 Å². The third-order valence-corrected chi connectivity index (χ3v) is 7.59. The van der Waals surface area contributed by atoms with Gasteiger partial charge < -0.3 is 57.9 Å². The summed E-state index contributed by atoms with van der Waals surface area (Å²) in [4.78, 5) is 103. The van der Waals surface area contributed by atoms with Crippen LogP contribution in [0.5, 0.6) is 0 Å². The number of primary amides is 1. The summed E-state index contributed by atoms with van der Waals surface area (Å²) < 4.78 is 0. The minimum absolute atomic E-state index is 0.103. The van der Waals surface area contributed by atoms with E-state index in [-0.39, 0.29) is 19.4 Å². The van der Waals surface area contributed by atoms with Crippen LogP contribution < -0.4 is 32.7 Å². The maximum atomic E-state index is 13.1. The largest absolute Gasteiger partial charge is 0.481 e. The molecule has 6 amide bonds. The maximum Gasteiger partial charge on any atom is 0.326 e. The van der Waals surface area contributed by atoms with Crippen LogP contribution >= 0.6 is 0 Å². The molecule has 1 aliphatic heterocycles. The molecule has 19 nitrogen and oxygen atoms in total. The number of aliphatic hydroxyl groups excluding tert-OH is 1. The van der Waals surface area contributed by atoms with Gasteiger partial charge in [0.25, 0.3) is 0 Å². The van der Waals surface area contributed by atoms with Gasteiger partial charge in [-0.25, -0.2) is 4.79 Å². The topological polar surface area (TPSA) is 316 Å². The Kier molecular flexibility index (Phi) is 12.9. The van der Waals surface area contributed by atoms with Crippen LogP contribution in [0, 0.1) is 0 Å². The average Bonchev–Trinajstić information content (AvgIpc) is 3.69. The van der Waals surface area contributed by atoms with Crippen LogP contribution in [0.4, 0.5) is 0 Å². The average molecular weight is 675 g/mol. The smallest absolute Gasteiger partial charge is 0.326 e. The number of H-pyrrole nitrogens is 1. The second-order valence-electron chi connectivity index (χ2n) is 11.1. The maximum absolute atomic E-state index is 13.1. The van der Waals surface area contributed by atoms with Gasteiger partial charge in [0.1, 0.15) is 24.2 Å². The van der Waals surface area contributed by atoms with Gasteiger partial charge in [0.2, 0.25) is 35.4 Å². The van der Waals surface area contributed by atoms with Crippen molar-refractivity contribution in [3.63, 3.8) is 0 Å². The fourth-order valence-corrected chi connectivity index (χ4v) is 5.15. The minimum atomic E-state index is -1.76. The second kappa shape index (κ2) is 16.8. The van der Waals surface area contributed by atoms with Crippen LogP contribution in [0.3, 0.4) is 0 Å². The Labute approximate surface area is 272 Å². The van der Waals surface area contributed by atoms with E-state index < -0.39 is 104 Å². The Morgan fingerprint density at radius 3 is 2.23 bits per heavy atom. The Balaban J connectivity index is 1.63. The van der Waals surface area contributed by atoms with E-state index in [0.29, 0.717) is 12.0 Å². The molecule has 12 N–H and O–H groups in total. The Morgan fingerprint density at radius 2 is 1.58 bits per heavy atom. The van der Waals surface area contributed by atoms with Crippen molar-refractivity contribution in [3.05, 3.63) is 36.0 Å². The van der Waals surface area contributed by atoms with E-state index in [1.165, 1.54) is 0 Å². The normalized spacial score (nSPS) is 16.6. The molecule has 48 heavy (non-hydrogen) atoms. The van der Waals surface area contributed by atoms with Crippen LogP contribution in [-0.2, 0) is 44.8 Å². The van der Waals surface area contributed by atoms with Crippen molar-refractivity contribution in [1.29, 1.82) is 0 Å². The molecule has 1 aliphatic rings. The first-order valence-electron chi connectivity index (χ1n) is 14.8. The Morgan fingerprint density at radius 1 is 0.917 bits per heavy atom. The number of aliphatic carboxylic acids is 2. The lowest BCUT2D eigenvalue weighted by Gasteiger charge is -2.27. The predicted molar refractivity (Wildman–Crippen MR) is 164 cm³/mol. The van der Waals surface area contributed by atoms with E-state index in [1.807, 2.05) is 0 Å². The van der Waals surface area contributed by atoms with Gasteiger partial charge in [0.05, 0.1) is 32.0 Å². The van der Waals surface area contributed by atoms with E-state index in [4.69, 9.17) is 11.5 Å². The van der Waals surface area contributed by atoms with Crippen LogP contribution in [-0.4, -0.2) is 122 Å². The van der Waals surface area contributed by atoms with Crippen LogP contribution in [0.2, 0.25) is 0 Å². The van der Waals surface area contributed by atoms with Crippen molar-refractivity contribution < 1.29 is 53.7 Å². The van der Waals surface area contributed by atoms with Gasteiger partial charge in [-0.1, -0.05) is 18.2 Å². The van der Waals surface area contributed by atoms with Gasteiger partial charge >= 0.3 is 11.9 Å². The number of aromatic nitrogens is 1. The van der Waals surface area contributed by atoms with Crippen LogP contribution in [0.25, 0.3) is 10.9 Å². The number of carbonyl (C=O) groups excluding carboxylic acids is 6. The number of aliphatic hydroxyl groups is 1. The molecule has 0 saturated carbocycles. The monoisotopic (exact) mass is 674 g/mol. The van der Waals surface area contributed by atoms with Gasteiger partial charge in [-0.05, 0) is 24.5 Å². The molecule has 0 spiro atoms. The highest BCUT2D eigenvalue weighted by molar-refractivity contribution is 5.97. The quantitative estimate of drug-likeness (QED) is 0.0768. The zero-order valence-electron chi connectivity index (χ0n) is 25.6. The number of rotatable bonds is 17. The first kappa shape index (κ1) is 36.9. The number of fused-ring (bicyclic) bond motifs is 1. The van der Waals surface area contributed by atoms with E-state index in [9.17, 15) is 53.7 Å². The number of benzene rings is 1. The zero-order chi connectivity index (χ0) is 35.5. The number of nitrogens with two attached hydrogens (primary N) is 2. The van der Waals surface area contributed by atoms with Crippen molar-refractivity contribution in [2.24, 2.45) is 11.5 Å². The molecule has 0 aliphatic carbocycles. The number of nitrogens with one attached hydrogen (secondary N) is 5. The summed E-state index contributed by atoms with van der Waals surface area (Å²) in [5.74, 6) is -8.37. The third kappa shape index (κ3) is 9.97. The first-order chi connectivity index (χ1) is 22.7. The van der Waals surface area contributed by atoms with Crippen LogP contribution in [0.15, 0.2) is 30.5 Å². The van der Waals surface area contributed by atoms with E-state index >= 15 is 0 Å². The highest BCUT2D eigenvalue weighted by Gasteiger charge is 2.37.